The molecule has 0 aliphatic carbocycles. The lowest BCUT2D eigenvalue weighted by molar-refractivity contribution is -0.385. The maximum atomic E-state index is 13.3. The van der Waals surface area contributed by atoms with Crippen molar-refractivity contribution in [2.24, 2.45) is 0 Å². The Bertz CT molecular complexity index is 454. The highest BCUT2D eigenvalue weighted by atomic mass is 19.1. The number of rotatable bonds is 7. The molecule has 1 aromatic rings. The standard InChI is InChI=1S/C13H19FN2O3/c1-3-13(2,4-5-17)15-9-10-6-11(14)8-12(7-10)16(18)19/h6-8,15,17H,3-5,9H2,1-2H3. The highest BCUT2D eigenvalue weighted by molar-refractivity contribution is 5.35. The molecule has 0 saturated heterocycles. The van der Waals surface area contributed by atoms with E-state index in [0.717, 1.165) is 12.5 Å². The Labute approximate surface area is 111 Å². The second-order valence-corrected chi connectivity index (χ2v) is 4.82. The molecule has 6 heteroatoms. The maximum absolute atomic E-state index is 13.3. The summed E-state index contributed by atoms with van der Waals surface area (Å²) in [5.41, 5.74) is -0.00275. The first-order valence-electron chi connectivity index (χ1n) is 6.20. The van der Waals surface area contributed by atoms with Gasteiger partial charge in [0.15, 0.2) is 0 Å². The Morgan fingerprint density at radius 3 is 2.68 bits per heavy atom. The fraction of sp³-hybridized carbons (Fsp3) is 0.538. The van der Waals surface area contributed by atoms with Gasteiger partial charge in [0.05, 0.1) is 11.0 Å². The van der Waals surface area contributed by atoms with E-state index in [-0.39, 0.29) is 17.8 Å². The van der Waals surface area contributed by atoms with Crippen LogP contribution < -0.4 is 5.32 Å². The molecule has 0 aliphatic heterocycles. The zero-order valence-electron chi connectivity index (χ0n) is 11.1. The minimum absolute atomic E-state index is 0.0562. The number of benzene rings is 1. The Hall–Kier alpha value is -1.53. The van der Waals surface area contributed by atoms with Crippen molar-refractivity contribution in [2.45, 2.75) is 38.8 Å². The van der Waals surface area contributed by atoms with E-state index in [1.165, 1.54) is 12.1 Å². The molecule has 0 fully saturated rings. The van der Waals surface area contributed by atoms with Crippen LogP contribution in [0.2, 0.25) is 0 Å². The van der Waals surface area contributed by atoms with Crippen LogP contribution in [-0.2, 0) is 6.54 Å². The van der Waals surface area contributed by atoms with Crippen LogP contribution >= 0.6 is 0 Å². The number of aliphatic hydroxyl groups excluding tert-OH is 1. The lowest BCUT2D eigenvalue weighted by atomic mass is 9.94. The predicted octanol–water partition coefficient (Wildman–Crippen LogP) is 2.37. The van der Waals surface area contributed by atoms with Crippen LogP contribution in [0.4, 0.5) is 10.1 Å². The molecule has 1 rings (SSSR count). The SMILES string of the molecule is CCC(C)(CCO)NCc1cc(F)cc([N+](=O)[O-])c1. The smallest absolute Gasteiger partial charge is 0.272 e. The van der Waals surface area contributed by atoms with Gasteiger partial charge < -0.3 is 10.4 Å². The van der Waals surface area contributed by atoms with Gasteiger partial charge in [-0.3, -0.25) is 10.1 Å². The van der Waals surface area contributed by atoms with Gasteiger partial charge in [-0.2, -0.15) is 0 Å². The lowest BCUT2D eigenvalue weighted by Crippen LogP contribution is -2.42. The average Bonchev–Trinajstić information content (AvgIpc) is 2.36. The number of nitrogens with one attached hydrogen (secondary N) is 1. The van der Waals surface area contributed by atoms with Gasteiger partial charge in [0.25, 0.3) is 5.69 Å². The van der Waals surface area contributed by atoms with Crippen LogP contribution in [0.5, 0.6) is 0 Å². The van der Waals surface area contributed by atoms with Crippen molar-refractivity contribution < 1.29 is 14.4 Å². The molecular weight excluding hydrogens is 251 g/mol. The minimum Gasteiger partial charge on any atom is -0.396 e. The van der Waals surface area contributed by atoms with Gasteiger partial charge >= 0.3 is 0 Å². The van der Waals surface area contributed by atoms with Crippen LogP contribution in [0.3, 0.4) is 0 Å². The van der Waals surface area contributed by atoms with E-state index in [9.17, 15) is 14.5 Å². The molecule has 5 nitrogen and oxygen atoms in total. The van der Waals surface area contributed by atoms with Crippen molar-refractivity contribution in [1.82, 2.24) is 5.32 Å². The van der Waals surface area contributed by atoms with Crippen LogP contribution in [0.15, 0.2) is 18.2 Å². The minimum atomic E-state index is -0.619. The fourth-order valence-electron chi connectivity index (χ4n) is 1.79. The van der Waals surface area contributed by atoms with Gasteiger partial charge in [0.2, 0.25) is 0 Å². The molecule has 0 aliphatic rings. The number of non-ortho nitro benzene ring substituents is 1. The quantitative estimate of drug-likeness (QED) is 0.589. The van der Waals surface area contributed by atoms with Crippen LogP contribution in [-0.4, -0.2) is 22.2 Å². The highest BCUT2D eigenvalue weighted by Crippen LogP contribution is 2.19. The number of nitro benzene ring substituents is 1. The number of aliphatic hydroxyl groups is 1. The second kappa shape index (κ2) is 6.58. The van der Waals surface area contributed by atoms with E-state index in [0.29, 0.717) is 18.5 Å². The largest absolute Gasteiger partial charge is 0.396 e. The van der Waals surface area contributed by atoms with Gasteiger partial charge in [-0.25, -0.2) is 4.39 Å². The normalized spacial score (nSPS) is 14.1. The molecule has 0 heterocycles. The van der Waals surface area contributed by atoms with Gasteiger partial charge in [0, 0.05) is 24.8 Å². The van der Waals surface area contributed by atoms with Crippen molar-refractivity contribution in [1.29, 1.82) is 0 Å². The fourth-order valence-corrected chi connectivity index (χ4v) is 1.79. The van der Waals surface area contributed by atoms with Gasteiger partial charge in [-0.1, -0.05) is 6.92 Å². The second-order valence-electron chi connectivity index (χ2n) is 4.82. The summed E-state index contributed by atoms with van der Waals surface area (Å²) in [4.78, 5) is 10.0. The molecule has 0 spiro atoms. The number of nitrogens with zero attached hydrogens (tertiary/aromatic N) is 1. The third kappa shape index (κ3) is 4.57. The summed E-state index contributed by atoms with van der Waals surface area (Å²) >= 11 is 0. The Balaban J connectivity index is 2.79. The third-order valence-electron chi connectivity index (χ3n) is 3.32. The number of hydrogen-bond donors (Lipinski definition) is 2. The molecule has 0 bridgehead atoms. The Morgan fingerprint density at radius 2 is 2.16 bits per heavy atom. The van der Waals surface area contributed by atoms with Crippen molar-refractivity contribution >= 4 is 5.69 Å². The summed E-state index contributed by atoms with van der Waals surface area (Å²) in [7, 11) is 0. The Kier molecular flexibility index (Phi) is 5.38. The molecule has 2 N–H and O–H groups in total. The third-order valence-corrected chi connectivity index (χ3v) is 3.32. The lowest BCUT2D eigenvalue weighted by Gasteiger charge is -2.29. The maximum Gasteiger partial charge on any atom is 0.272 e. The highest BCUT2D eigenvalue weighted by Gasteiger charge is 2.20. The molecule has 0 amide bonds. The molecule has 1 atom stereocenters. The van der Waals surface area contributed by atoms with Crippen molar-refractivity contribution in [3.05, 3.63) is 39.7 Å². The van der Waals surface area contributed by atoms with Gasteiger partial charge in [-0.05, 0) is 31.4 Å². The molecule has 1 aromatic carbocycles. The molecule has 0 saturated carbocycles. The first kappa shape index (κ1) is 15.5. The molecule has 19 heavy (non-hydrogen) atoms. The topological polar surface area (TPSA) is 75.4 Å². The number of hydrogen-bond acceptors (Lipinski definition) is 4. The van der Waals surface area contributed by atoms with E-state index >= 15 is 0 Å². The summed E-state index contributed by atoms with van der Waals surface area (Å²) in [6.07, 6.45) is 1.37. The molecule has 0 radical (unpaired) electrons. The van der Waals surface area contributed by atoms with Gasteiger partial charge in [0.1, 0.15) is 5.82 Å². The van der Waals surface area contributed by atoms with Crippen LogP contribution in [0, 0.1) is 15.9 Å². The van der Waals surface area contributed by atoms with Gasteiger partial charge in [-0.15, -0.1) is 0 Å². The summed E-state index contributed by atoms with van der Waals surface area (Å²) in [6, 6.07) is 3.52. The monoisotopic (exact) mass is 270 g/mol. The van der Waals surface area contributed by atoms with E-state index in [1.54, 1.807) is 0 Å². The molecule has 106 valence electrons. The molecule has 1 unspecified atom stereocenters. The van der Waals surface area contributed by atoms with Crippen LogP contribution in [0.1, 0.15) is 32.3 Å². The summed E-state index contributed by atoms with van der Waals surface area (Å²) in [5, 5.41) is 22.9. The number of nitro groups is 1. The number of halogens is 1. The summed E-state index contributed by atoms with van der Waals surface area (Å²) in [6.45, 7) is 4.32. The van der Waals surface area contributed by atoms with Crippen molar-refractivity contribution in [3.8, 4) is 0 Å². The van der Waals surface area contributed by atoms with E-state index in [1.807, 2.05) is 13.8 Å². The Morgan fingerprint density at radius 1 is 1.47 bits per heavy atom. The first-order chi connectivity index (χ1) is 8.90. The van der Waals surface area contributed by atoms with Crippen molar-refractivity contribution in [3.63, 3.8) is 0 Å². The summed E-state index contributed by atoms with van der Waals surface area (Å²) in [5.74, 6) is -0.619. The average molecular weight is 270 g/mol. The van der Waals surface area contributed by atoms with E-state index in [4.69, 9.17) is 5.11 Å². The molecule has 0 aromatic heterocycles. The van der Waals surface area contributed by atoms with Crippen LogP contribution in [0.25, 0.3) is 0 Å². The van der Waals surface area contributed by atoms with E-state index in [2.05, 4.69) is 5.32 Å². The first-order valence-corrected chi connectivity index (χ1v) is 6.20. The zero-order chi connectivity index (χ0) is 14.5. The molecular formula is C13H19FN2O3. The van der Waals surface area contributed by atoms with E-state index < -0.39 is 10.7 Å². The summed E-state index contributed by atoms with van der Waals surface area (Å²) < 4.78 is 13.3. The predicted molar refractivity (Wildman–Crippen MR) is 70.3 cm³/mol. The van der Waals surface area contributed by atoms with Crippen molar-refractivity contribution in [2.75, 3.05) is 6.61 Å². The zero-order valence-corrected chi connectivity index (χ0v) is 11.1.